The quantitative estimate of drug-likeness (QED) is 0.0691. The van der Waals surface area contributed by atoms with Crippen molar-refractivity contribution < 1.29 is 59.0 Å². The van der Waals surface area contributed by atoms with Gasteiger partial charge < -0.3 is 59.0 Å². The third-order valence-electron chi connectivity index (χ3n) is 21.5. The number of fused-ring (bicyclic) bond motifs is 8. The summed E-state index contributed by atoms with van der Waals surface area (Å²) < 4.78 is 9.45. The van der Waals surface area contributed by atoms with Crippen molar-refractivity contribution in [2.45, 2.75) is 350 Å². The lowest BCUT2D eigenvalue weighted by Crippen LogP contribution is -2.68. The Morgan fingerprint density at radius 3 is 0.629 bits per heavy atom. The molecule has 0 aromatic heterocycles. The fraction of sp³-hybridized carbons (Fsp3) is 0.600. The van der Waals surface area contributed by atoms with E-state index in [0.717, 1.165) is 100 Å². The highest BCUT2D eigenvalue weighted by Gasteiger charge is 2.75. The number of benzene rings is 6. The van der Waals surface area contributed by atoms with Crippen molar-refractivity contribution in [3.05, 3.63) is 201 Å². The van der Waals surface area contributed by atoms with Crippen molar-refractivity contribution in [2.24, 2.45) is 0 Å². The van der Waals surface area contributed by atoms with Crippen LogP contribution in [0, 0.1) is 0 Å². The summed E-state index contributed by atoms with van der Waals surface area (Å²) in [5.41, 5.74) is 12.9. The van der Waals surface area contributed by atoms with Crippen LogP contribution >= 0.6 is 25.8 Å². The van der Waals surface area contributed by atoms with E-state index in [9.17, 15) is 4.74 Å². The van der Waals surface area contributed by atoms with Gasteiger partial charge in [0, 0.05) is 23.1 Å². The summed E-state index contributed by atoms with van der Waals surface area (Å²) in [6, 6.07) is 29.6. The molecule has 0 saturated heterocycles. The lowest BCUT2D eigenvalue weighted by molar-refractivity contribution is -0.229. The Balaban J connectivity index is 0.00000134. The van der Waals surface area contributed by atoms with Gasteiger partial charge in [0.1, 0.15) is 5.75 Å². The predicted molar refractivity (Wildman–Crippen MR) is 441 cm³/mol. The Hall–Kier alpha value is -4.03. The molecule has 2 unspecified atom stereocenters. The molecule has 12 nitrogen and oxygen atoms in total. The summed E-state index contributed by atoms with van der Waals surface area (Å²) in [6.07, 6.45) is 1.60. The summed E-state index contributed by atoms with van der Waals surface area (Å²) in [6.45, 7) is 84.5. The average Bonchev–Trinajstić information content (AvgIpc) is 1.62. The normalized spacial score (nSPS) is 18.0. The van der Waals surface area contributed by atoms with Crippen molar-refractivity contribution in [3.8, 4) is 5.75 Å². The van der Waals surface area contributed by atoms with Gasteiger partial charge in [-0.25, -0.2) is 0 Å². The molecular weight excluding hydrogens is 1370 g/mol. The molecule has 1 spiro atoms. The van der Waals surface area contributed by atoms with Gasteiger partial charge in [-0.3, -0.25) is 0 Å². The van der Waals surface area contributed by atoms with Gasteiger partial charge in [-0.2, -0.15) is 0 Å². The number of rotatable bonds is 1. The van der Waals surface area contributed by atoms with Crippen molar-refractivity contribution in [1.82, 2.24) is 0 Å². The lowest BCUT2D eigenvalue weighted by atomic mass is 9.49. The molecule has 0 bridgehead atoms. The highest BCUT2D eigenvalue weighted by atomic mass is 31.2. The summed E-state index contributed by atoms with van der Waals surface area (Å²) in [7, 11) is -7.86. The van der Waals surface area contributed by atoms with Crippen LogP contribution in [0.2, 0.25) is 0 Å². The zero-order valence-corrected chi connectivity index (χ0v) is 73.9. The van der Waals surface area contributed by atoms with E-state index in [2.05, 4.69) is 322 Å². The van der Waals surface area contributed by atoms with Crippen molar-refractivity contribution >= 4 is 25.8 Å². The highest BCUT2D eigenvalue weighted by molar-refractivity contribution is 7.38. The fourth-order valence-electron chi connectivity index (χ4n) is 15.9. The first-order chi connectivity index (χ1) is 46.6. The first kappa shape index (κ1) is 89.9. The summed E-state index contributed by atoms with van der Waals surface area (Å²) in [4.78, 5) is 65.1. The van der Waals surface area contributed by atoms with E-state index >= 15 is 10.2 Å². The van der Waals surface area contributed by atoms with Crippen molar-refractivity contribution in [2.75, 3.05) is 0 Å². The Labute approximate surface area is 638 Å². The molecule has 15 heteroatoms. The van der Waals surface area contributed by atoms with Gasteiger partial charge in [-0.05, 0) is 189 Å². The van der Waals surface area contributed by atoms with E-state index in [0.29, 0.717) is 19.3 Å². The second kappa shape index (κ2) is 29.2. The molecule has 6 aromatic carbocycles. The number of hydrogen-bond donors (Lipinski definition) is 11. The maximum atomic E-state index is 18.3. The Morgan fingerprint density at radius 1 is 0.238 bits per heavy atom. The van der Waals surface area contributed by atoms with Crippen molar-refractivity contribution in [3.63, 3.8) is 0 Å². The van der Waals surface area contributed by atoms with Crippen LogP contribution in [-0.4, -0.2) is 54.3 Å². The maximum absolute atomic E-state index is 18.3. The zero-order valence-electron chi connectivity index (χ0n) is 71.2. The maximum Gasteiger partial charge on any atom is 0.324 e. The minimum atomic E-state index is -2.62. The van der Waals surface area contributed by atoms with E-state index in [4.69, 9.17) is 44.0 Å². The first-order valence-electron chi connectivity index (χ1n) is 37.5. The van der Waals surface area contributed by atoms with Crippen LogP contribution in [0.15, 0.2) is 72.8 Å². The zero-order chi connectivity index (χ0) is 81.4. The topological polar surface area (TPSA) is 232 Å². The number of hydrogen-bond acceptors (Lipinski definition) is 12. The minimum absolute atomic E-state index is 0.218. The molecule has 9 rings (SSSR count). The Kier molecular flexibility index (Phi) is 25.0. The summed E-state index contributed by atoms with van der Waals surface area (Å²) >= 11 is 0. The van der Waals surface area contributed by atoms with E-state index in [-0.39, 0.29) is 32.5 Å². The van der Waals surface area contributed by atoms with Gasteiger partial charge in [0.2, 0.25) is 0 Å². The summed E-state index contributed by atoms with van der Waals surface area (Å²) in [5.74, 6) is 0.790. The molecule has 6 aromatic rings. The Bertz CT molecular complexity index is 4000. The molecule has 11 N–H and O–H groups in total. The SMILES string of the molecule is CC(C)(C)c1cc2c(c(C(C)(C)C)c1)OC1(c3c(cc(C(C)(C)C)cc3C(C)(C)C)C2)c2c(cc(C(C)(C)C)cc2C(C)(C)C)Cc2cc(C(C)(C)C)cc(C(C)(C)C)c2C1(O)C1(O)c2c(cc(C(C)(C)C)cc2C(C)(C)C)Cc2cc(C(C)(C)C)cc(C(C)(C)C)c21.OP(O)O.OP(O)O.OP(O)O. The third kappa shape index (κ3) is 18.3. The van der Waals surface area contributed by atoms with Gasteiger partial charge in [0.25, 0.3) is 0 Å². The van der Waals surface area contributed by atoms with Gasteiger partial charge >= 0.3 is 25.8 Å². The lowest BCUT2D eigenvalue weighted by Gasteiger charge is -2.60. The van der Waals surface area contributed by atoms with Crippen LogP contribution in [0.5, 0.6) is 5.75 Å². The molecule has 3 aliphatic rings. The molecule has 0 saturated carbocycles. The van der Waals surface area contributed by atoms with E-state index in [1.807, 2.05) is 0 Å². The fourth-order valence-corrected chi connectivity index (χ4v) is 15.9. The van der Waals surface area contributed by atoms with Crippen molar-refractivity contribution in [1.29, 1.82) is 0 Å². The molecule has 0 radical (unpaired) electrons. The highest BCUT2D eigenvalue weighted by Crippen LogP contribution is 2.70. The van der Waals surface area contributed by atoms with Gasteiger partial charge in [-0.1, -0.05) is 322 Å². The van der Waals surface area contributed by atoms with Crippen LogP contribution in [0.4, 0.5) is 0 Å². The molecule has 0 amide bonds. The van der Waals surface area contributed by atoms with Gasteiger partial charge in [-0.15, -0.1) is 0 Å². The van der Waals surface area contributed by atoms with Crippen LogP contribution < -0.4 is 4.74 Å². The predicted octanol–water partition coefficient (Wildman–Crippen LogP) is 20.7. The molecule has 1 heterocycles. The second-order valence-electron chi connectivity index (χ2n) is 42.8. The number of aliphatic hydroxyl groups is 2. The van der Waals surface area contributed by atoms with Crippen LogP contribution in [-0.2, 0) is 101 Å². The molecular formula is C90H137O12P3. The van der Waals surface area contributed by atoms with Gasteiger partial charge in [0.15, 0.2) is 16.8 Å². The largest absolute Gasteiger partial charge is 0.474 e. The molecule has 584 valence electrons. The summed E-state index contributed by atoms with van der Waals surface area (Å²) in [5, 5.41) is 36.0. The standard InChI is InChI=1S/C90H128O3.3H3O3P/c1-76(2,3)58-40-52-37-53-41-59(77(4,5)6)47-65(83(22,23)24)71(53)88(91,70(52)64(46-58)82(19,20)21)90(92)74-56(44-62(80(13,14)15)50-68(74)86(31,32)33)38-54-42-60(78(7,8)9)48-66(84(25,26)27)72(54)89(90)73-55(43-61(79(10,11)12)49-67(73)85(28,29)30)39-57-45-63(81(16,17)18)51-69(75(57)93-89)87(34,35)36;3*1-4(2)3/h40-51,91-92H,37-39H2,1-36H3;3*1-3H. The van der Waals surface area contributed by atoms with E-state index in [1.54, 1.807) is 0 Å². The average molecular weight is 1500 g/mol. The minimum Gasteiger partial charge on any atom is -0.474 e. The van der Waals surface area contributed by atoms with E-state index < -0.39 is 75.1 Å². The monoisotopic (exact) mass is 1500 g/mol. The first-order valence-corrected chi connectivity index (χ1v) is 41.1. The number of ether oxygens (including phenoxy) is 1. The van der Waals surface area contributed by atoms with Gasteiger partial charge in [0.05, 0.1) is 0 Å². The second-order valence-corrected chi connectivity index (χ2v) is 44.5. The molecule has 2 aliphatic carbocycles. The third-order valence-corrected chi connectivity index (χ3v) is 21.5. The Morgan fingerprint density at radius 2 is 0.410 bits per heavy atom. The molecule has 0 fully saturated rings. The smallest absolute Gasteiger partial charge is 0.324 e. The molecule has 105 heavy (non-hydrogen) atoms. The van der Waals surface area contributed by atoms with Crippen LogP contribution in [0.3, 0.4) is 0 Å². The molecule has 2 atom stereocenters. The molecule has 1 aliphatic heterocycles. The van der Waals surface area contributed by atoms with Crippen LogP contribution in [0.25, 0.3) is 0 Å². The van der Waals surface area contributed by atoms with E-state index in [1.165, 1.54) is 33.4 Å². The van der Waals surface area contributed by atoms with Crippen LogP contribution in [0.1, 0.15) is 377 Å².